The van der Waals surface area contributed by atoms with Crippen molar-refractivity contribution >= 4 is 0 Å². The lowest BCUT2D eigenvalue weighted by atomic mass is 9.98. The van der Waals surface area contributed by atoms with Crippen molar-refractivity contribution in [3.63, 3.8) is 0 Å². The Labute approximate surface area is 194 Å². The van der Waals surface area contributed by atoms with E-state index in [1.165, 1.54) is 0 Å². The summed E-state index contributed by atoms with van der Waals surface area (Å²) in [5.41, 5.74) is 2.95. The molecule has 5 atom stereocenters. The Hall–Kier alpha value is -2.58. The van der Waals surface area contributed by atoms with E-state index in [0.29, 0.717) is 13.2 Å². The van der Waals surface area contributed by atoms with Gasteiger partial charge in [-0.15, -0.1) is 0 Å². The van der Waals surface area contributed by atoms with Gasteiger partial charge in [0.25, 0.3) is 0 Å². The maximum Gasteiger partial charge on any atom is 0.184 e. The van der Waals surface area contributed by atoms with Gasteiger partial charge in [-0.1, -0.05) is 91.0 Å². The Morgan fingerprint density at radius 2 is 0.970 bits per heavy atom. The number of rotatable bonds is 10. The first-order chi connectivity index (χ1) is 16.2. The number of ether oxygens (including phenoxy) is 4. The molecule has 174 valence electrons. The lowest BCUT2D eigenvalue weighted by molar-refractivity contribution is -0.315. The number of aliphatic hydroxyl groups is 2. The maximum atomic E-state index is 10.7. The molecule has 0 aliphatic carbocycles. The first kappa shape index (κ1) is 23.6. The van der Waals surface area contributed by atoms with Crippen molar-refractivity contribution < 1.29 is 29.2 Å². The van der Waals surface area contributed by atoms with Crippen LogP contribution in [0.15, 0.2) is 91.0 Å². The molecule has 0 radical (unpaired) electrons. The zero-order valence-corrected chi connectivity index (χ0v) is 18.4. The van der Waals surface area contributed by atoms with Crippen LogP contribution >= 0.6 is 0 Å². The van der Waals surface area contributed by atoms with Gasteiger partial charge in [-0.3, -0.25) is 0 Å². The van der Waals surface area contributed by atoms with Gasteiger partial charge in [0.2, 0.25) is 0 Å². The molecule has 4 rings (SSSR count). The average Bonchev–Trinajstić information content (AvgIpc) is 2.87. The molecule has 0 aromatic heterocycles. The predicted octanol–water partition coefficient (Wildman–Crippen LogP) is 3.45. The highest BCUT2D eigenvalue weighted by molar-refractivity contribution is 5.15. The van der Waals surface area contributed by atoms with Crippen molar-refractivity contribution in [1.29, 1.82) is 0 Å². The largest absolute Gasteiger partial charge is 0.394 e. The van der Waals surface area contributed by atoms with Crippen molar-refractivity contribution in [2.75, 3.05) is 6.61 Å². The fourth-order valence-corrected chi connectivity index (χ4v) is 3.91. The Balaban J connectivity index is 1.53. The molecule has 1 saturated heterocycles. The normalized spacial score (nSPS) is 25.1. The van der Waals surface area contributed by atoms with Crippen LogP contribution in [0.5, 0.6) is 0 Å². The van der Waals surface area contributed by atoms with Gasteiger partial charge in [0.1, 0.15) is 24.4 Å². The van der Waals surface area contributed by atoms with Crippen molar-refractivity contribution in [2.24, 2.45) is 0 Å². The van der Waals surface area contributed by atoms with Crippen LogP contribution in [0.1, 0.15) is 16.7 Å². The molecule has 2 N–H and O–H groups in total. The van der Waals surface area contributed by atoms with Gasteiger partial charge >= 0.3 is 0 Å². The molecule has 0 unspecified atom stereocenters. The van der Waals surface area contributed by atoms with Gasteiger partial charge < -0.3 is 29.2 Å². The molecule has 1 heterocycles. The molecule has 1 fully saturated rings. The van der Waals surface area contributed by atoms with Gasteiger partial charge in [0.05, 0.1) is 26.4 Å². The molecule has 0 saturated carbocycles. The highest BCUT2D eigenvalue weighted by Gasteiger charge is 2.47. The molecule has 3 aromatic rings. The van der Waals surface area contributed by atoms with E-state index in [0.717, 1.165) is 16.7 Å². The lowest BCUT2D eigenvalue weighted by Crippen LogP contribution is -2.61. The van der Waals surface area contributed by atoms with Crippen molar-refractivity contribution in [3.8, 4) is 0 Å². The summed E-state index contributed by atoms with van der Waals surface area (Å²) < 4.78 is 24.3. The van der Waals surface area contributed by atoms with Crippen LogP contribution in [0.3, 0.4) is 0 Å². The van der Waals surface area contributed by atoms with Gasteiger partial charge in [0, 0.05) is 0 Å². The van der Waals surface area contributed by atoms with E-state index in [2.05, 4.69) is 0 Å². The molecule has 1 aliphatic heterocycles. The Kier molecular flexibility index (Phi) is 8.60. The third-order valence-electron chi connectivity index (χ3n) is 5.65. The number of benzene rings is 3. The van der Waals surface area contributed by atoms with Gasteiger partial charge in [-0.2, -0.15) is 0 Å². The molecular weight excluding hydrogens is 420 g/mol. The van der Waals surface area contributed by atoms with Crippen LogP contribution < -0.4 is 0 Å². The quantitative estimate of drug-likeness (QED) is 0.493. The Morgan fingerprint density at radius 3 is 1.39 bits per heavy atom. The zero-order valence-electron chi connectivity index (χ0n) is 18.4. The molecule has 3 aromatic carbocycles. The van der Waals surface area contributed by atoms with Gasteiger partial charge in [-0.05, 0) is 16.7 Å². The molecule has 33 heavy (non-hydrogen) atoms. The molecule has 0 bridgehead atoms. The maximum absolute atomic E-state index is 10.7. The molecular formula is C27H30O6. The summed E-state index contributed by atoms with van der Waals surface area (Å²) in [5, 5.41) is 20.7. The molecule has 0 spiro atoms. The van der Waals surface area contributed by atoms with Crippen molar-refractivity contribution in [1.82, 2.24) is 0 Å². The van der Waals surface area contributed by atoms with Crippen molar-refractivity contribution in [3.05, 3.63) is 108 Å². The van der Waals surface area contributed by atoms with Crippen LogP contribution in [-0.2, 0) is 38.8 Å². The minimum absolute atomic E-state index is 0.284. The molecule has 6 heteroatoms. The van der Waals surface area contributed by atoms with E-state index in [1.54, 1.807) is 0 Å². The standard InChI is InChI=1S/C27H30O6/c28-16-23-24(30-17-20-10-4-1-5-11-20)25(31-18-21-12-6-2-7-13-21)26(27(29)33-23)32-19-22-14-8-3-9-15-22/h1-15,23-29H,16-19H2/t23-,24-,25+,26-,27-/m1/s1. The third kappa shape index (κ3) is 6.48. The van der Waals surface area contributed by atoms with E-state index in [1.807, 2.05) is 91.0 Å². The second-order valence-corrected chi connectivity index (χ2v) is 8.03. The van der Waals surface area contributed by atoms with E-state index in [-0.39, 0.29) is 13.2 Å². The minimum atomic E-state index is -1.26. The van der Waals surface area contributed by atoms with Crippen molar-refractivity contribution in [2.45, 2.75) is 50.5 Å². The lowest BCUT2D eigenvalue weighted by Gasteiger charge is -2.44. The van der Waals surface area contributed by atoms with E-state index in [4.69, 9.17) is 18.9 Å². The van der Waals surface area contributed by atoms with E-state index >= 15 is 0 Å². The average molecular weight is 451 g/mol. The fraction of sp³-hybridized carbons (Fsp3) is 0.333. The van der Waals surface area contributed by atoms with Crippen LogP contribution in [0.4, 0.5) is 0 Å². The Morgan fingerprint density at radius 1 is 0.576 bits per heavy atom. The van der Waals surface area contributed by atoms with Crippen LogP contribution in [0, 0.1) is 0 Å². The van der Waals surface area contributed by atoms with E-state index < -0.39 is 30.7 Å². The number of hydrogen-bond donors (Lipinski definition) is 2. The summed E-state index contributed by atoms with van der Waals surface area (Å²) in [6.07, 6.45) is -4.09. The highest BCUT2D eigenvalue weighted by Crippen LogP contribution is 2.29. The van der Waals surface area contributed by atoms with Crippen LogP contribution in [0.25, 0.3) is 0 Å². The zero-order chi connectivity index (χ0) is 22.9. The molecule has 1 aliphatic rings. The first-order valence-corrected chi connectivity index (χ1v) is 11.2. The molecule has 6 nitrogen and oxygen atoms in total. The summed E-state index contributed by atoms with van der Waals surface area (Å²) in [5.74, 6) is 0. The van der Waals surface area contributed by atoms with Gasteiger partial charge in [-0.25, -0.2) is 0 Å². The summed E-state index contributed by atoms with van der Waals surface area (Å²) in [6, 6.07) is 29.3. The fourth-order valence-electron chi connectivity index (χ4n) is 3.91. The third-order valence-corrected chi connectivity index (χ3v) is 5.65. The number of hydrogen-bond acceptors (Lipinski definition) is 6. The van der Waals surface area contributed by atoms with Crippen LogP contribution in [0.2, 0.25) is 0 Å². The second-order valence-electron chi connectivity index (χ2n) is 8.03. The predicted molar refractivity (Wildman–Crippen MR) is 123 cm³/mol. The molecule has 0 amide bonds. The summed E-state index contributed by atoms with van der Waals surface area (Å²) >= 11 is 0. The second kappa shape index (κ2) is 12.0. The summed E-state index contributed by atoms with van der Waals surface area (Å²) in [6.45, 7) is 0.601. The SMILES string of the molecule is OC[C@H]1O[C@@H](O)[C@H](OCc2ccccc2)[C@@H](OCc2ccccc2)[C@@H]1OCc1ccccc1. The van der Waals surface area contributed by atoms with E-state index in [9.17, 15) is 10.2 Å². The topological polar surface area (TPSA) is 77.4 Å². The number of aliphatic hydroxyl groups excluding tert-OH is 2. The Bertz CT molecular complexity index is 937. The van der Waals surface area contributed by atoms with Crippen LogP contribution in [-0.4, -0.2) is 47.5 Å². The van der Waals surface area contributed by atoms with Gasteiger partial charge in [0.15, 0.2) is 6.29 Å². The minimum Gasteiger partial charge on any atom is -0.394 e. The monoisotopic (exact) mass is 450 g/mol. The first-order valence-electron chi connectivity index (χ1n) is 11.2. The summed E-state index contributed by atoms with van der Waals surface area (Å²) in [4.78, 5) is 0. The highest BCUT2D eigenvalue weighted by atomic mass is 16.7. The summed E-state index contributed by atoms with van der Waals surface area (Å²) in [7, 11) is 0. The smallest absolute Gasteiger partial charge is 0.184 e.